The van der Waals surface area contributed by atoms with Gasteiger partial charge in [0, 0.05) is 23.5 Å². The van der Waals surface area contributed by atoms with Crippen LogP contribution in [0, 0.1) is 6.92 Å². The van der Waals surface area contributed by atoms with Crippen LogP contribution in [0.25, 0.3) is 11.0 Å². The number of hydrogen-bond acceptors (Lipinski definition) is 5. The van der Waals surface area contributed by atoms with Crippen molar-refractivity contribution in [3.05, 3.63) is 46.7 Å². The normalized spacial score (nSPS) is 11.0. The minimum Gasteiger partial charge on any atom is -0.495 e. The van der Waals surface area contributed by atoms with Gasteiger partial charge in [-0.05, 0) is 45.0 Å². The quantitative estimate of drug-likeness (QED) is 0.645. The van der Waals surface area contributed by atoms with Crippen LogP contribution in [0.15, 0.2) is 30.5 Å². The number of aromatic nitrogens is 3. The predicted molar refractivity (Wildman–Crippen MR) is 116 cm³/mol. The van der Waals surface area contributed by atoms with Gasteiger partial charge in [-0.1, -0.05) is 11.6 Å². The molecule has 8 nitrogen and oxygen atoms in total. The Kier molecular flexibility index (Phi) is 6.26. The van der Waals surface area contributed by atoms with Gasteiger partial charge in [0.25, 0.3) is 5.91 Å². The lowest BCUT2D eigenvalue weighted by atomic mass is 10.1. The summed E-state index contributed by atoms with van der Waals surface area (Å²) in [5.74, 6) is -0.187. The first kappa shape index (κ1) is 21.6. The minimum atomic E-state index is -0.370. The zero-order chi connectivity index (χ0) is 22.0. The molecule has 158 valence electrons. The fourth-order valence-electron chi connectivity index (χ4n) is 3.12. The average molecular weight is 430 g/mol. The number of fused-ring (bicyclic) bond motifs is 1. The number of rotatable bonds is 6. The molecule has 0 aliphatic carbocycles. The van der Waals surface area contributed by atoms with E-state index in [1.54, 1.807) is 44.4 Å². The zero-order valence-electron chi connectivity index (χ0n) is 17.6. The Morgan fingerprint density at radius 1 is 1.30 bits per heavy atom. The van der Waals surface area contributed by atoms with Gasteiger partial charge in [0.05, 0.1) is 36.8 Å². The molecule has 0 aliphatic heterocycles. The van der Waals surface area contributed by atoms with Crippen LogP contribution in [0.1, 0.15) is 35.9 Å². The van der Waals surface area contributed by atoms with E-state index in [0.717, 1.165) is 11.0 Å². The average Bonchev–Trinajstić information content (AvgIpc) is 3.09. The summed E-state index contributed by atoms with van der Waals surface area (Å²) in [7, 11) is 3.07. The molecule has 3 aromatic rings. The number of amides is 2. The second kappa shape index (κ2) is 8.71. The second-order valence-corrected chi connectivity index (χ2v) is 7.71. The van der Waals surface area contributed by atoms with Gasteiger partial charge in [-0.3, -0.25) is 9.59 Å². The van der Waals surface area contributed by atoms with Gasteiger partial charge in [0.2, 0.25) is 5.91 Å². The van der Waals surface area contributed by atoms with Crippen LogP contribution in [0.2, 0.25) is 5.02 Å². The Hall–Kier alpha value is -3.13. The van der Waals surface area contributed by atoms with E-state index in [-0.39, 0.29) is 24.4 Å². The van der Waals surface area contributed by atoms with Crippen LogP contribution in [-0.2, 0) is 4.79 Å². The maximum atomic E-state index is 12.9. The molecule has 1 N–H and O–H groups in total. The van der Waals surface area contributed by atoms with Crippen molar-refractivity contribution in [1.29, 1.82) is 0 Å². The molecule has 1 aromatic carbocycles. The topological polar surface area (TPSA) is 89.4 Å². The molecule has 3 rings (SSSR count). The largest absolute Gasteiger partial charge is 0.495 e. The summed E-state index contributed by atoms with van der Waals surface area (Å²) < 4.78 is 7.04. The molecule has 0 saturated carbocycles. The zero-order valence-corrected chi connectivity index (χ0v) is 18.3. The lowest BCUT2D eigenvalue weighted by molar-refractivity contribution is -0.116. The van der Waals surface area contributed by atoms with E-state index in [2.05, 4.69) is 15.4 Å². The number of aryl methyl sites for hydroxylation is 1. The van der Waals surface area contributed by atoms with E-state index in [1.807, 2.05) is 18.5 Å². The van der Waals surface area contributed by atoms with Crippen molar-refractivity contribution in [1.82, 2.24) is 19.7 Å². The highest BCUT2D eigenvalue weighted by molar-refractivity contribution is 6.31. The van der Waals surface area contributed by atoms with Crippen LogP contribution < -0.4 is 10.1 Å². The first-order valence-corrected chi connectivity index (χ1v) is 9.82. The fourth-order valence-corrected chi connectivity index (χ4v) is 3.29. The number of halogens is 1. The molecule has 0 saturated heterocycles. The van der Waals surface area contributed by atoms with Crippen molar-refractivity contribution >= 4 is 40.1 Å². The third kappa shape index (κ3) is 4.38. The smallest absolute Gasteiger partial charge is 0.255 e. The van der Waals surface area contributed by atoms with Crippen molar-refractivity contribution in [2.45, 2.75) is 26.8 Å². The van der Waals surface area contributed by atoms with E-state index in [9.17, 15) is 9.59 Å². The van der Waals surface area contributed by atoms with Crippen LogP contribution >= 0.6 is 11.6 Å². The standard InChI is InChI=1S/C21H24ClN5O3/c1-12(2)27-20-14(10-23-27)8-16(13(3)24-20)21(29)26(4)11-19(28)25-17-9-15(22)6-7-18(17)30-5/h6-10,12H,11H2,1-5H3,(H,25,28). The van der Waals surface area contributed by atoms with E-state index in [4.69, 9.17) is 16.3 Å². The van der Waals surface area contributed by atoms with Gasteiger partial charge in [0.1, 0.15) is 5.75 Å². The number of hydrogen-bond donors (Lipinski definition) is 1. The minimum absolute atomic E-state index is 0.142. The molecule has 2 heterocycles. The summed E-state index contributed by atoms with van der Waals surface area (Å²) in [5, 5.41) is 8.31. The van der Waals surface area contributed by atoms with Crippen molar-refractivity contribution < 1.29 is 14.3 Å². The molecular formula is C21H24ClN5O3. The Labute approximate surface area is 179 Å². The highest BCUT2D eigenvalue weighted by Crippen LogP contribution is 2.27. The number of benzene rings is 1. The molecule has 30 heavy (non-hydrogen) atoms. The van der Waals surface area contributed by atoms with Crippen molar-refractivity contribution in [3.63, 3.8) is 0 Å². The third-order valence-corrected chi connectivity index (χ3v) is 4.88. The van der Waals surface area contributed by atoms with Gasteiger partial charge < -0.3 is 15.0 Å². The first-order valence-electron chi connectivity index (χ1n) is 9.45. The number of methoxy groups -OCH3 is 1. The molecule has 0 fully saturated rings. The van der Waals surface area contributed by atoms with Crippen LogP contribution in [0.5, 0.6) is 5.75 Å². The third-order valence-electron chi connectivity index (χ3n) is 4.64. The molecule has 0 unspecified atom stereocenters. The second-order valence-electron chi connectivity index (χ2n) is 7.27. The van der Waals surface area contributed by atoms with Gasteiger partial charge in [-0.15, -0.1) is 0 Å². The summed E-state index contributed by atoms with van der Waals surface area (Å²) in [5.41, 5.74) is 2.18. The Bertz CT molecular complexity index is 1110. The number of pyridine rings is 1. The van der Waals surface area contributed by atoms with Gasteiger partial charge in [-0.2, -0.15) is 5.10 Å². The number of likely N-dealkylation sites (N-methyl/N-ethyl adjacent to an activating group) is 1. The maximum absolute atomic E-state index is 12.9. The number of carbonyl (C=O) groups excluding carboxylic acids is 2. The highest BCUT2D eigenvalue weighted by Gasteiger charge is 2.20. The lowest BCUT2D eigenvalue weighted by Crippen LogP contribution is -2.35. The Morgan fingerprint density at radius 2 is 2.03 bits per heavy atom. The fraction of sp³-hybridized carbons (Fsp3) is 0.333. The van der Waals surface area contributed by atoms with Crippen LogP contribution in [-0.4, -0.2) is 52.2 Å². The van der Waals surface area contributed by atoms with Crippen molar-refractivity contribution in [2.75, 3.05) is 26.0 Å². The highest BCUT2D eigenvalue weighted by atomic mass is 35.5. The molecule has 0 bridgehead atoms. The van der Waals surface area contributed by atoms with Crippen LogP contribution in [0.4, 0.5) is 5.69 Å². The maximum Gasteiger partial charge on any atom is 0.255 e. The van der Waals surface area contributed by atoms with E-state index < -0.39 is 0 Å². The molecule has 2 aromatic heterocycles. The molecule has 0 atom stereocenters. The SMILES string of the molecule is COc1ccc(Cl)cc1NC(=O)CN(C)C(=O)c1cc2cnn(C(C)C)c2nc1C. The number of nitrogens with zero attached hydrogens (tertiary/aromatic N) is 4. The number of ether oxygens (including phenoxy) is 1. The van der Waals surface area contributed by atoms with Gasteiger partial charge >= 0.3 is 0 Å². The summed E-state index contributed by atoms with van der Waals surface area (Å²) >= 11 is 5.99. The molecule has 2 amide bonds. The van der Waals surface area contributed by atoms with Gasteiger partial charge in [0.15, 0.2) is 5.65 Å². The first-order chi connectivity index (χ1) is 14.2. The van der Waals surface area contributed by atoms with E-state index in [1.165, 1.54) is 12.0 Å². The van der Waals surface area contributed by atoms with E-state index in [0.29, 0.717) is 27.7 Å². The monoisotopic (exact) mass is 429 g/mol. The van der Waals surface area contributed by atoms with Crippen molar-refractivity contribution in [2.24, 2.45) is 0 Å². The van der Waals surface area contributed by atoms with Gasteiger partial charge in [-0.25, -0.2) is 9.67 Å². The Balaban J connectivity index is 1.76. The lowest BCUT2D eigenvalue weighted by Gasteiger charge is -2.18. The number of nitrogens with one attached hydrogen (secondary N) is 1. The van der Waals surface area contributed by atoms with Crippen LogP contribution in [0.3, 0.4) is 0 Å². The Morgan fingerprint density at radius 3 is 2.70 bits per heavy atom. The summed E-state index contributed by atoms with van der Waals surface area (Å²) in [6, 6.07) is 6.84. The molecular weight excluding hydrogens is 406 g/mol. The molecule has 0 spiro atoms. The molecule has 0 radical (unpaired) electrons. The predicted octanol–water partition coefficient (Wildman–Crippen LogP) is 3.69. The molecule has 9 heteroatoms. The number of anilines is 1. The van der Waals surface area contributed by atoms with Crippen molar-refractivity contribution in [3.8, 4) is 5.75 Å². The van der Waals surface area contributed by atoms with E-state index >= 15 is 0 Å². The summed E-state index contributed by atoms with van der Waals surface area (Å²) in [4.78, 5) is 31.3. The summed E-state index contributed by atoms with van der Waals surface area (Å²) in [6.45, 7) is 5.67. The molecule has 0 aliphatic rings. The summed E-state index contributed by atoms with van der Waals surface area (Å²) in [6.07, 6.45) is 1.69. The number of carbonyl (C=O) groups is 2.